The number of rotatable bonds is 5. The highest BCUT2D eigenvalue weighted by Gasteiger charge is 2.25. The normalized spacial score (nSPS) is 17.2. The minimum absolute atomic E-state index is 0.0266. The van der Waals surface area contributed by atoms with E-state index >= 15 is 0 Å². The summed E-state index contributed by atoms with van der Waals surface area (Å²) in [5.74, 6) is 0.259. The van der Waals surface area contributed by atoms with E-state index in [-0.39, 0.29) is 11.2 Å². The molecule has 3 rings (SSSR count). The van der Waals surface area contributed by atoms with Crippen LogP contribution in [-0.2, 0) is 11.3 Å². The molecule has 1 aromatic carbocycles. The third-order valence-corrected chi connectivity index (χ3v) is 6.01. The Morgan fingerprint density at radius 1 is 1.13 bits per heavy atom. The van der Waals surface area contributed by atoms with Crippen LogP contribution in [0.2, 0.25) is 0 Å². The van der Waals surface area contributed by atoms with Crippen molar-refractivity contribution in [2.45, 2.75) is 23.6 Å². The Balaban J connectivity index is 1.47. The van der Waals surface area contributed by atoms with Crippen molar-refractivity contribution in [1.82, 2.24) is 9.80 Å². The summed E-state index contributed by atoms with van der Waals surface area (Å²) in [6, 6.07) is 14.4. The second-order valence-electron chi connectivity index (χ2n) is 5.75. The van der Waals surface area contributed by atoms with E-state index in [4.69, 9.17) is 0 Å². The third-order valence-electron chi connectivity index (χ3n) is 4.05. The second kappa shape index (κ2) is 7.99. The Hall–Kier alpha value is -1.30. The minimum Gasteiger partial charge on any atom is -0.339 e. The molecule has 0 bridgehead atoms. The van der Waals surface area contributed by atoms with Gasteiger partial charge < -0.3 is 4.90 Å². The number of thiophene rings is 1. The summed E-state index contributed by atoms with van der Waals surface area (Å²) in [4.78, 5) is 19.6. The molecule has 0 N–H and O–H groups in total. The molecule has 0 spiro atoms. The Labute approximate surface area is 146 Å². The molecular formula is C18H22N2OS2. The number of thioether (sulfide) groups is 1. The van der Waals surface area contributed by atoms with E-state index in [1.54, 1.807) is 23.1 Å². The van der Waals surface area contributed by atoms with Gasteiger partial charge in [0.15, 0.2) is 0 Å². The fraction of sp³-hybridized carbons (Fsp3) is 0.389. The van der Waals surface area contributed by atoms with Gasteiger partial charge in [-0.15, -0.1) is 23.1 Å². The number of nitrogens with zero attached hydrogens (tertiary/aromatic N) is 2. The summed E-state index contributed by atoms with van der Waals surface area (Å²) < 4.78 is 0. The molecule has 1 fully saturated rings. The van der Waals surface area contributed by atoms with E-state index in [0.717, 1.165) is 37.6 Å². The molecule has 1 aromatic heterocycles. The Bertz CT molecular complexity index is 607. The predicted molar refractivity (Wildman–Crippen MR) is 97.9 cm³/mol. The van der Waals surface area contributed by atoms with Crippen molar-refractivity contribution in [1.29, 1.82) is 0 Å². The standard InChI is InChI=1S/C18H22N2OS2/c1-15(23-16-6-3-2-4-7-16)18(21)20-11-9-19(10-12-20)14-17-8-5-13-22-17/h2-8,13,15H,9-12,14H2,1H3. The number of carbonyl (C=O) groups excluding carboxylic acids is 1. The highest BCUT2D eigenvalue weighted by molar-refractivity contribution is 8.00. The molecule has 0 radical (unpaired) electrons. The Morgan fingerprint density at radius 2 is 1.87 bits per heavy atom. The van der Waals surface area contributed by atoms with Gasteiger partial charge in [-0.1, -0.05) is 24.3 Å². The van der Waals surface area contributed by atoms with Gasteiger partial charge in [-0.3, -0.25) is 9.69 Å². The Morgan fingerprint density at radius 3 is 2.52 bits per heavy atom. The number of hydrogen-bond donors (Lipinski definition) is 0. The lowest BCUT2D eigenvalue weighted by molar-refractivity contribution is -0.132. The van der Waals surface area contributed by atoms with Crippen LogP contribution in [0.3, 0.4) is 0 Å². The summed E-state index contributed by atoms with van der Waals surface area (Å²) >= 11 is 3.45. The van der Waals surface area contributed by atoms with Gasteiger partial charge in [0.25, 0.3) is 0 Å². The maximum atomic E-state index is 12.6. The van der Waals surface area contributed by atoms with Crippen LogP contribution in [0.1, 0.15) is 11.8 Å². The van der Waals surface area contributed by atoms with Crippen molar-refractivity contribution in [2.75, 3.05) is 26.2 Å². The topological polar surface area (TPSA) is 23.6 Å². The fourth-order valence-corrected chi connectivity index (χ4v) is 4.48. The van der Waals surface area contributed by atoms with Crippen molar-refractivity contribution in [3.63, 3.8) is 0 Å². The van der Waals surface area contributed by atoms with E-state index in [1.165, 1.54) is 4.88 Å². The van der Waals surface area contributed by atoms with Gasteiger partial charge in [0.1, 0.15) is 0 Å². The molecule has 2 heterocycles. The molecule has 3 nitrogen and oxygen atoms in total. The molecule has 1 atom stereocenters. The summed E-state index contributed by atoms with van der Waals surface area (Å²) in [6.07, 6.45) is 0. The lowest BCUT2D eigenvalue weighted by Gasteiger charge is -2.35. The van der Waals surface area contributed by atoms with Crippen LogP contribution in [0.5, 0.6) is 0 Å². The maximum absolute atomic E-state index is 12.6. The largest absolute Gasteiger partial charge is 0.339 e. The quantitative estimate of drug-likeness (QED) is 0.773. The fourth-order valence-electron chi connectivity index (χ4n) is 2.76. The first-order chi connectivity index (χ1) is 11.2. The molecule has 1 saturated heterocycles. The van der Waals surface area contributed by atoms with Crippen LogP contribution in [0.4, 0.5) is 0 Å². The van der Waals surface area contributed by atoms with Gasteiger partial charge in [0, 0.05) is 42.5 Å². The van der Waals surface area contributed by atoms with E-state index < -0.39 is 0 Å². The number of hydrogen-bond acceptors (Lipinski definition) is 4. The third kappa shape index (κ3) is 4.59. The smallest absolute Gasteiger partial charge is 0.235 e. The predicted octanol–water partition coefficient (Wildman–Crippen LogP) is 3.57. The highest BCUT2D eigenvalue weighted by atomic mass is 32.2. The molecule has 2 aromatic rings. The zero-order valence-electron chi connectivity index (χ0n) is 13.4. The highest BCUT2D eigenvalue weighted by Crippen LogP contribution is 2.24. The lowest BCUT2D eigenvalue weighted by Crippen LogP contribution is -2.50. The average molecular weight is 347 g/mol. The molecule has 0 aliphatic carbocycles. The van der Waals surface area contributed by atoms with Crippen molar-refractivity contribution >= 4 is 29.0 Å². The molecule has 1 aliphatic heterocycles. The van der Waals surface area contributed by atoms with Gasteiger partial charge in [-0.2, -0.15) is 0 Å². The molecule has 0 saturated carbocycles. The maximum Gasteiger partial charge on any atom is 0.235 e. The van der Waals surface area contributed by atoms with Gasteiger partial charge in [0.2, 0.25) is 5.91 Å². The van der Waals surface area contributed by atoms with E-state index in [9.17, 15) is 4.79 Å². The number of amides is 1. The van der Waals surface area contributed by atoms with Crippen LogP contribution in [0.15, 0.2) is 52.7 Å². The zero-order chi connectivity index (χ0) is 16.1. The van der Waals surface area contributed by atoms with E-state index in [1.807, 2.05) is 30.0 Å². The summed E-state index contributed by atoms with van der Waals surface area (Å²) in [7, 11) is 0. The lowest BCUT2D eigenvalue weighted by atomic mass is 10.2. The van der Waals surface area contributed by atoms with E-state index in [0.29, 0.717) is 0 Å². The Kier molecular flexibility index (Phi) is 5.75. The van der Waals surface area contributed by atoms with E-state index in [2.05, 4.69) is 34.5 Å². The SMILES string of the molecule is CC(Sc1ccccc1)C(=O)N1CCN(Cc2cccs2)CC1. The van der Waals surface area contributed by atoms with Crippen LogP contribution >= 0.6 is 23.1 Å². The molecule has 1 unspecified atom stereocenters. The number of benzene rings is 1. The molecule has 1 aliphatic rings. The first kappa shape index (κ1) is 16.6. The van der Waals surface area contributed by atoms with Crippen molar-refractivity contribution in [2.24, 2.45) is 0 Å². The van der Waals surface area contributed by atoms with Crippen molar-refractivity contribution in [3.8, 4) is 0 Å². The monoisotopic (exact) mass is 346 g/mol. The molecule has 1 amide bonds. The van der Waals surface area contributed by atoms with Crippen molar-refractivity contribution in [3.05, 3.63) is 52.7 Å². The second-order valence-corrected chi connectivity index (χ2v) is 8.20. The first-order valence-electron chi connectivity index (χ1n) is 7.97. The first-order valence-corrected chi connectivity index (χ1v) is 9.73. The van der Waals surface area contributed by atoms with Gasteiger partial charge >= 0.3 is 0 Å². The molecular weight excluding hydrogens is 324 g/mol. The molecule has 122 valence electrons. The van der Waals surface area contributed by atoms with Crippen molar-refractivity contribution < 1.29 is 4.79 Å². The van der Waals surface area contributed by atoms with Crippen LogP contribution < -0.4 is 0 Å². The molecule has 23 heavy (non-hydrogen) atoms. The van der Waals surface area contributed by atoms with Crippen LogP contribution in [0, 0.1) is 0 Å². The minimum atomic E-state index is -0.0266. The van der Waals surface area contributed by atoms with Gasteiger partial charge in [-0.25, -0.2) is 0 Å². The molecule has 5 heteroatoms. The zero-order valence-corrected chi connectivity index (χ0v) is 15.0. The van der Waals surface area contributed by atoms with Gasteiger partial charge in [-0.05, 0) is 30.5 Å². The van der Waals surface area contributed by atoms with Crippen LogP contribution in [0.25, 0.3) is 0 Å². The average Bonchev–Trinajstić information content (AvgIpc) is 3.09. The summed E-state index contributed by atoms with van der Waals surface area (Å²) in [5, 5.41) is 2.10. The number of carbonyl (C=O) groups is 1. The summed E-state index contributed by atoms with van der Waals surface area (Å²) in [6.45, 7) is 6.62. The van der Waals surface area contributed by atoms with Gasteiger partial charge in [0.05, 0.1) is 5.25 Å². The van der Waals surface area contributed by atoms with Crippen LogP contribution in [-0.4, -0.2) is 47.1 Å². The number of piperazine rings is 1. The summed E-state index contributed by atoms with van der Waals surface area (Å²) in [5.41, 5.74) is 0.